The number of amides is 1. The van der Waals surface area contributed by atoms with Crippen LogP contribution >= 0.6 is 0 Å². The minimum atomic E-state index is 0.272. The first-order valence-electron chi connectivity index (χ1n) is 7.95. The summed E-state index contributed by atoms with van der Waals surface area (Å²) in [5.74, 6) is 0.272. The molecule has 0 aliphatic rings. The van der Waals surface area contributed by atoms with Gasteiger partial charge in [-0.3, -0.25) is 4.90 Å². The highest BCUT2D eigenvalue weighted by atomic mass is 16.2. The Balaban J connectivity index is 2.57. The summed E-state index contributed by atoms with van der Waals surface area (Å²) < 4.78 is 0.324. The number of benzene rings is 1. The van der Waals surface area contributed by atoms with Crippen LogP contribution in [0.1, 0.15) is 40.5 Å². The van der Waals surface area contributed by atoms with Crippen molar-refractivity contribution >= 4 is 11.6 Å². The molecule has 0 heterocycles. The zero-order valence-electron chi connectivity index (χ0n) is 14.5. The molecule has 1 amide bonds. The van der Waals surface area contributed by atoms with Crippen LogP contribution in [0.25, 0.3) is 0 Å². The fourth-order valence-electron chi connectivity index (χ4n) is 2.75. The van der Waals surface area contributed by atoms with Crippen molar-refractivity contribution in [2.24, 2.45) is 0 Å². The Bertz CT molecular complexity index is 430. The van der Waals surface area contributed by atoms with E-state index in [9.17, 15) is 4.79 Å². The molecule has 1 aromatic rings. The molecule has 0 bridgehead atoms. The number of hydrogen-bond donors (Lipinski definition) is 0. The summed E-state index contributed by atoms with van der Waals surface area (Å²) in [6, 6.07) is 11.0. The number of rotatable bonds is 7. The van der Waals surface area contributed by atoms with E-state index in [2.05, 4.69) is 32.6 Å². The van der Waals surface area contributed by atoms with Crippen LogP contribution in [0.15, 0.2) is 30.3 Å². The third-order valence-corrected chi connectivity index (χ3v) is 4.16. The smallest absolute Gasteiger partial charge is 0.299 e. The number of carbonyl (C=O) groups is 1. The van der Waals surface area contributed by atoms with Gasteiger partial charge in [0.2, 0.25) is 0 Å². The van der Waals surface area contributed by atoms with Crippen LogP contribution in [-0.4, -0.2) is 43.5 Å². The molecule has 3 nitrogen and oxygen atoms in total. The maximum absolute atomic E-state index is 12.5. The molecule has 0 atom stereocenters. The Labute approximate surface area is 130 Å². The molecule has 0 fully saturated rings. The number of carbonyl (C=O) groups excluding carboxylic acids is 1. The summed E-state index contributed by atoms with van der Waals surface area (Å²) in [7, 11) is 3.95. The zero-order chi connectivity index (χ0) is 16.0. The highest BCUT2D eigenvalue weighted by molar-refractivity contribution is 5.87. The number of nitrogens with zero attached hydrogens (tertiary/aromatic N) is 2. The Morgan fingerprint density at radius 3 is 2.05 bits per heavy atom. The van der Waals surface area contributed by atoms with Gasteiger partial charge in [0.25, 0.3) is 0 Å². The topological polar surface area (TPSA) is 20.3 Å². The highest BCUT2D eigenvalue weighted by Crippen LogP contribution is 2.20. The van der Waals surface area contributed by atoms with Crippen LogP contribution in [0.3, 0.4) is 0 Å². The van der Waals surface area contributed by atoms with Gasteiger partial charge in [-0.15, -0.1) is 0 Å². The van der Waals surface area contributed by atoms with Gasteiger partial charge in [0.05, 0.1) is 20.5 Å². The molecule has 0 aliphatic carbocycles. The van der Waals surface area contributed by atoms with Crippen molar-refractivity contribution in [2.45, 2.75) is 52.6 Å². The first-order chi connectivity index (χ1) is 9.76. The molecule has 0 N–H and O–H groups in total. The van der Waals surface area contributed by atoms with Gasteiger partial charge in [-0.05, 0) is 52.8 Å². The highest BCUT2D eigenvalue weighted by Gasteiger charge is 2.28. The average Bonchev–Trinajstić information content (AvgIpc) is 2.43. The molecule has 0 saturated heterocycles. The first kappa shape index (κ1) is 17.9. The van der Waals surface area contributed by atoms with E-state index in [0.717, 1.165) is 18.7 Å². The second-order valence-corrected chi connectivity index (χ2v) is 6.71. The predicted octanol–water partition coefficient (Wildman–Crippen LogP) is 3.68. The normalized spacial score (nSPS) is 12.4. The summed E-state index contributed by atoms with van der Waals surface area (Å²) in [6.07, 6.45) is 1.54. The molecule has 3 heteroatoms. The van der Waals surface area contributed by atoms with Crippen molar-refractivity contribution in [3.63, 3.8) is 0 Å². The second kappa shape index (κ2) is 7.71. The maximum atomic E-state index is 12.5. The minimum Gasteiger partial charge on any atom is -0.299 e. The van der Waals surface area contributed by atoms with E-state index in [-0.39, 0.29) is 5.91 Å². The Kier molecular flexibility index (Phi) is 6.56. The molecule has 0 spiro atoms. The fourth-order valence-corrected chi connectivity index (χ4v) is 2.75. The lowest BCUT2D eigenvalue weighted by Crippen LogP contribution is -2.47. The Morgan fingerprint density at radius 2 is 1.57 bits per heavy atom. The quantitative estimate of drug-likeness (QED) is 0.714. The summed E-state index contributed by atoms with van der Waals surface area (Å²) >= 11 is 0. The van der Waals surface area contributed by atoms with Crippen molar-refractivity contribution in [3.8, 4) is 0 Å². The lowest BCUT2D eigenvalue weighted by molar-refractivity contribution is -0.128. The van der Waals surface area contributed by atoms with E-state index in [1.807, 2.05) is 44.4 Å². The molecular formula is C18H31N2O+. The fraction of sp³-hybridized carbons (Fsp3) is 0.611. The van der Waals surface area contributed by atoms with Crippen molar-refractivity contribution < 1.29 is 4.79 Å². The molecule has 1 aromatic carbocycles. The summed E-state index contributed by atoms with van der Waals surface area (Å²) in [5, 5.41) is 0. The summed E-state index contributed by atoms with van der Waals surface area (Å²) in [4.78, 5) is 15.0. The second-order valence-electron chi connectivity index (χ2n) is 6.71. The number of para-hydroxylation sites is 1. The van der Waals surface area contributed by atoms with Crippen molar-refractivity contribution in [3.05, 3.63) is 30.3 Å². The van der Waals surface area contributed by atoms with Crippen LogP contribution in [-0.2, 0) is 4.79 Å². The van der Waals surface area contributed by atoms with Gasteiger partial charge in [0.1, 0.15) is 5.69 Å². The number of hydrogen-bond acceptors (Lipinski definition) is 2. The van der Waals surface area contributed by atoms with Gasteiger partial charge >= 0.3 is 5.91 Å². The van der Waals surface area contributed by atoms with E-state index in [1.165, 1.54) is 0 Å². The van der Waals surface area contributed by atoms with Crippen LogP contribution < -0.4 is 4.48 Å². The van der Waals surface area contributed by atoms with Gasteiger partial charge in [-0.2, -0.15) is 0 Å². The minimum absolute atomic E-state index is 0.272. The lowest BCUT2D eigenvalue weighted by atomic mass is 10.1. The monoisotopic (exact) mass is 291 g/mol. The van der Waals surface area contributed by atoms with Crippen LogP contribution in [0.2, 0.25) is 0 Å². The number of quaternary nitrogens is 1. The summed E-state index contributed by atoms with van der Waals surface area (Å²) in [5.41, 5.74) is 1.05. The molecular weight excluding hydrogens is 260 g/mol. The molecule has 21 heavy (non-hydrogen) atoms. The Hall–Kier alpha value is -1.19. The van der Waals surface area contributed by atoms with Gasteiger partial charge in [0.15, 0.2) is 0 Å². The standard InChI is InChI=1S/C18H31N2O/c1-15(2)19(16(3)4)14-10-13-18(21)20(5,6)17-11-8-7-9-12-17/h7-9,11-12,15-16H,10,13-14H2,1-6H3/q+1. The average molecular weight is 291 g/mol. The Morgan fingerprint density at radius 1 is 1.05 bits per heavy atom. The first-order valence-corrected chi connectivity index (χ1v) is 7.95. The van der Waals surface area contributed by atoms with Crippen LogP contribution in [0, 0.1) is 0 Å². The zero-order valence-corrected chi connectivity index (χ0v) is 14.5. The molecule has 0 aromatic heterocycles. The van der Waals surface area contributed by atoms with Gasteiger partial charge in [-0.25, -0.2) is 9.28 Å². The molecule has 118 valence electrons. The van der Waals surface area contributed by atoms with E-state index < -0.39 is 0 Å². The van der Waals surface area contributed by atoms with Gasteiger partial charge in [-0.1, -0.05) is 18.2 Å². The van der Waals surface area contributed by atoms with E-state index in [0.29, 0.717) is 23.0 Å². The predicted molar refractivity (Wildman–Crippen MR) is 91.3 cm³/mol. The molecule has 0 radical (unpaired) electrons. The van der Waals surface area contributed by atoms with Crippen LogP contribution in [0.4, 0.5) is 5.69 Å². The van der Waals surface area contributed by atoms with Crippen LogP contribution in [0.5, 0.6) is 0 Å². The van der Waals surface area contributed by atoms with E-state index >= 15 is 0 Å². The van der Waals surface area contributed by atoms with Gasteiger partial charge in [0, 0.05) is 12.1 Å². The molecule has 0 unspecified atom stereocenters. The molecule has 0 saturated carbocycles. The molecule has 0 aliphatic heterocycles. The maximum Gasteiger partial charge on any atom is 0.318 e. The largest absolute Gasteiger partial charge is 0.318 e. The summed E-state index contributed by atoms with van der Waals surface area (Å²) in [6.45, 7) is 9.84. The molecule has 1 rings (SSSR count). The van der Waals surface area contributed by atoms with E-state index in [1.54, 1.807) is 0 Å². The SMILES string of the molecule is CC(C)N(CCCC(=O)[N+](C)(C)c1ccccc1)C(C)C. The van der Waals surface area contributed by atoms with Crippen molar-refractivity contribution in [2.75, 3.05) is 20.6 Å². The third-order valence-electron chi connectivity index (χ3n) is 4.16. The van der Waals surface area contributed by atoms with E-state index in [4.69, 9.17) is 0 Å². The lowest BCUT2D eigenvalue weighted by Gasteiger charge is -2.31. The van der Waals surface area contributed by atoms with Crippen molar-refractivity contribution in [1.82, 2.24) is 9.38 Å². The third kappa shape index (κ3) is 4.94. The van der Waals surface area contributed by atoms with Gasteiger partial charge < -0.3 is 0 Å². The van der Waals surface area contributed by atoms with Crippen molar-refractivity contribution in [1.29, 1.82) is 0 Å².